The van der Waals surface area contributed by atoms with E-state index in [0.717, 1.165) is 47.5 Å². The lowest BCUT2D eigenvalue weighted by atomic mass is 10.1. The van der Waals surface area contributed by atoms with Crippen molar-refractivity contribution in [2.45, 2.75) is 25.5 Å². The largest absolute Gasteiger partial charge is 0.388 e. The molecule has 5 rings (SSSR count). The third-order valence-electron chi connectivity index (χ3n) is 6.06. The van der Waals surface area contributed by atoms with Gasteiger partial charge in [-0.25, -0.2) is 0 Å². The van der Waals surface area contributed by atoms with Gasteiger partial charge in [0.25, 0.3) is 0 Å². The summed E-state index contributed by atoms with van der Waals surface area (Å²) >= 11 is 6.44. The molecule has 2 saturated heterocycles. The lowest BCUT2D eigenvalue weighted by Gasteiger charge is -2.29. The van der Waals surface area contributed by atoms with Crippen LogP contribution >= 0.6 is 11.6 Å². The van der Waals surface area contributed by atoms with Crippen molar-refractivity contribution in [2.75, 3.05) is 66.7 Å². The number of anilines is 4. The Hall–Kier alpha value is -2.33. The summed E-state index contributed by atoms with van der Waals surface area (Å²) in [6.45, 7) is 6.57. The Morgan fingerprint density at radius 3 is 2.58 bits per heavy atom. The molecule has 31 heavy (non-hydrogen) atoms. The van der Waals surface area contributed by atoms with Gasteiger partial charge in [-0.2, -0.15) is 9.97 Å². The molecule has 2 N–H and O–H groups in total. The van der Waals surface area contributed by atoms with E-state index in [9.17, 15) is 5.11 Å². The lowest BCUT2D eigenvalue weighted by molar-refractivity contribution is 0.0839. The van der Waals surface area contributed by atoms with Crippen molar-refractivity contribution in [1.29, 1.82) is 0 Å². The molecule has 0 amide bonds. The Morgan fingerprint density at radius 1 is 1.13 bits per heavy atom. The highest BCUT2D eigenvalue weighted by Gasteiger charge is 2.38. The summed E-state index contributed by atoms with van der Waals surface area (Å²) in [5.74, 6) is 2.31. The number of nitrogens with one attached hydrogen (secondary N) is 1. The number of aromatic nitrogens is 2. The summed E-state index contributed by atoms with van der Waals surface area (Å²) in [7, 11) is 1.96. The first-order valence-electron chi connectivity index (χ1n) is 10.6. The van der Waals surface area contributed by atoms with Crippen LogP contribution in [0.25, 0.3) is 0 Å². The second-order valence-corrected chi connectivity index (χ2v) is 9.01. The number of ether oxygens (including phenoxy) is 1. The zero-order chi connectivity index (χ0) is 21.6. The highest BCUT2D eigenvalue weighted by atomic mass is 35.5. The second-order valence-electron chi connectivity index (χ2n) is 8.60. The van der Waals surface area contributed by atoms with E-state index < -0.39 is 5.60 Å². The predicted octanol–water partition coefficient (Wildman–Crippen LogP) is 2.12. The maximum Gasteiger partial charge on any atom is 0.229 e. The zero-order valence-electron chi connectivity index (χ0n) is 17.9. The van der Waals surface area contributed by atoms with Gasteiger partial charge in [-0.1, -0.05) is 29.8 Å². The smallest absolute Gasteiger partial charge is 0.229 e. The molecule has 10 heteroatoms. The number of nitrogens with zero attached hydrogens (tertiary/aromatic N) is 6. The van der Waals surface area contributed by atoms with E-state index in [0.29, 0.717) is 38.7 Å². The van der Waals surface area contributed by atoms with Crippen LogP contribution in [0.3, 0.4) is 0 Å². The summed E-state index contributed by atoms with van der Waals surface area (Å²) in [5.41, 5.74) is 4.56. The number of β-amino-alcohol motifs (C(OH)–C–C–N with tert-alkyl or cyclic N) is 1. The molecule has 0 radical (unpaired) electrons. The molecule has 2 fully saturated rings. The van der Waals surface area contributed by atoms with Gasteiger partial charge in [0.1, 0.15) is 5.69 Å². The second kappa shape index (κ2) is 7.98. The highest BCUT2D eigenvalue weighted by molar-refractivity contribution is 6.31. The molecule has 1 aromatic heterocycles. The fourth-order valence-electron chi connectivity index (χ4n) is 4.31. The average Bonchev–Trinajstić information content (AvgIpc) is 3.28. The standard InChI is InChI=1S/C21H28ClN7O2/c1-21(30)7-8-28(14-21)18-17-19(24-20(23-18)27-9-11-31-12-10-27)29(26(2)25-17)13-15-5-3-4-6-16(15)22/h3-6,25,30H,7-14H2,1-2H3/t21-/m0/s1. The van der Waals surface area contributed by atoms with E-state index in [4.69, 9.17) is 26.3 Å². The van der Waals surface area contributed by atoms with Gasteiger partial charge in [-0.3, -0.25) is 10.4 Å². The first-order valence-corrected chi connectivity index (χ1v) is 11.0. The maximum atomic E-state index is 10.6. The Labute approximate surface area is 187 Å². The van der Waals surface area contributed by atoms with E-state index in [1.807, 2.05) is 43.4 Å². The molecule has 0 bridgehead atoms. The number of hydrogen-bond donors (Lipinski definition) is 2. The predicted molar refractivity (Wildman–Crippen MR) is 122 cm³/mol. The molecule has 0 saturated carbocycles. The van der Waals surface area contributed by atoms with Crippen LogP contribution in [0.2, 0.25) is 5.02 Å². The number of morpholine rings is 1. The Kier molecular flexibility index (Phi) is 5.29. The van der Waals surface area contributed by atoms with Gasteiger partial charge in [-0.05, 0) is 25.0 Å². The first-order chi connectivity index (χ1) is 14.9. The number of benzene rings is 1. The van der Waals surface area contributed by atoms with Crippen LogP contribution in [-0.4, -0.2) is 72.2 Å². The highest BCUT2D eigenvalue weighted by Crippen LogP contribution is 2.42. The van der Waals surface area contributed by atoms with Crippen molar-refractivity contribution >= 4 is 34.9 Å². The van der Waals surface area contributed by atoms with Crippen LogP contribution < -0.4 is 20.2 Å². The van der Waals surface area contributed by atoms with Crippen molar-refractivity contribution in [3.8, 4) is 0 Å². The molecule has 0 aliphatic carbocycles. The summed E-state index contributed by atoms with van der Waals surface area (Å²) < 4.78 is 5.52. The third-order valence-corrected chi connectivity index (χ3v) is 6.43. The number of fused-ring (bicyclic) bond motifs is 1. The molecule has 4 heterocycles. The fourth-order valence-corrected chi connectivity index (χ4v) is 4.50. The van der Waals surface area contributed by atoms with Crippen molar-refractivity contribution in [3.63, 3.8) is 0 Å². The number of halogens is 1. The minimum Gasteiger partial charge on any atom is -0.388 e. The monoisotopic (exact) mass is 445 g/mol. The summed E-state index contributed by atoms with van der Waals surface area (Å²) in [6.07, 6.45) is 0.706. The molecule has 1 aromatic carbocycles. The lowest BCUT2D eigenvalue weighted by Crippen LogP contribution is -2.39. The van der Waals surface area contributed by atoms with Crippen LogP contribution in [0.4, 0.5) is 23.3 Å². The molecule has 1 atom stereocenters. The number of hydrazine groups is 2. The van der Waals surface area contributed by atoms with Crippen molar-refractivity contribution in [2.24, 2.45) is 0 Å². The van der Waals surface area contributed by atoms with E-state index in [1.165, 1.54) is 0 Å². The van der Waals surface area contributed by atoms with Gasteiger partial charge < -0.3 is 19.6 Å². The van der Waals surface area contributed by atoms with Crippen molar-refractivity contribution in [1.82, 2.24) is 15.1 Å². The molecule has 3 aliphatic rings. The molecule has 2 aromatic rings. The van der Waals surface area contributed by atoms with Gasteiger partial charge in [0, 0.05) is 38.2 Å². The summed E-state index contributed by atoms with van der Waals surface area (Å²) in [6, 6.07) is 7.85. The van der Waals surface area contributed by atoms with E-state index in [1.54, 1.807) is 0 Å². The average molecular weight is 446 g/mol. The quantitative estimate of drug-likeness (QED) is 0.735. The van der Waals surface area contributed by atoms with Crippen LogP contribution in [0.5, 0.6) is 0 Å². The number of aliphatic hydroxyl groups is 1. The van der Waals surface area contributed by atoms with Gasteiger partial charge in [0.05, 0.1) is 25.4 Å². The van der Waals surface area contributed by atoms with Crippen molar-refractivity contribution < 1.29 is 9.84 Å². The van der Waals surface area contributed by atoms with Crippen LogP contribution in [0.1, 0.15) is 18.9 Å². The first kappa shape index (κ1) is 20.6. The minimum atomic E-state index is -0.723. The van der Waals surface area contributed by atoms with Crippen molar-refractivity contribution in [3.05, 3.63) is 34.9 Å². The van der Waals surface area contributed by atoms with Crippen LogP contribution in [-0.2, 0) is 11.3 Å². The maximum absolute atomic E-state index is 10.6. The Balaban J connectivity index is 1.55. The van der Waals surface area contributed by atoms with E-state index in [2.05, 4.69) is 20.2 Å². The molecular formula is C21H28ClN7O2. The number of hydrogen-bond acceptors (Lipinski definition) is 9. The molecule has 9 nitrogen and oxygen atoms in total. The fraction of sp³-hybridized carbons (Fsp3) is 0.524. The molecule has 0 spiro atoms. The molecular weight excluding hydrogens is 418 g/mol. The Morgan fingerprint density at radius 2 is 1.87 bits per heavy atom. The van der Waals surface area contributed by atoms with Gasteiger partial charge in [0.15, 0.2) is 11.6 Å². The normalized spacial score (nSPS) is 23.9. The van der Waals surface area contributed by atoms with E-state index in [-0.39, 0.29) is 0 Å². The Bertz CT molecular complexity index is 967. The van der Waals surface area contributed by atoms with Gasteiger partial charge in [0.2, 0.25) is 5.95 Å². The molecule has 166 valence electrons. The van der Waals surface area contributed by atoms with Gasteiger partial charge >= 0.3 is 0 Å². The topological polar surface area (TPSA) is 80.2 Å². The van der Waals surface area contributed by atoms with E-state index >= 15 is 0 Å². The zero-order valence-corrected chi connectivity index (χ0v) is 18.6. The number of rotatable bonds is 4. The third kappa shape index (κ3) is 3.98. The summed E-state index contributed by atoms with van der Waals surface area (Å²) in [5, 5.41) is 15.3. The van der Waals surface area contributed by atoms with Crippen LogP contribution in [0.15, 0.2) is 24.3 Å². The minimum absolute atomic E-state index is 0.537. The molecule has 3 aliphatic heterocycles. The SMILES string of the molecule is CN1Nc2c(N3CC[C@](C)(O)C3)nc(N3CCOCC3)nc2N1Cc1ccccc1Cl. The van der Waals surface area contributed by atoms with Crippen LogP contribution in [0, 0.1) is 0 Å². The van der Waals surface area contributed by atoms with Gasteiger partial charge in [-0.15, -0.1) is 5.12 Å². The summed E-state index contributed by atoms with van der Waals surface area (Å²) in [4.78, 5) is 14.2. The molecule has 0 unspecified atom stereocenters.